The maximum Gasteiger partial charge on any atom is 0.229 e. The minimum atomic E-state index is -0.635. The van der Waals surface area contributed by atoms with Gasteiger partial charge in [-0.3, -0.25) is 4.79 Å². The molecule has 3 aromatic rings. The van der Waals surface area contributed by atoms with E-state index in [0.29, 0.717) is 19.5 Å². The van der Waals surface area contributed by atoms with Gasteiger partial charge in [-0.2, -0.15) is 0 Å². The number of carbonyl (C=O) groups excluding carboxylic acids is 1. The number of anilines is 1. The summed E-state index contributed by atoms with van der Waals surface area (Å²) in [6.07, 6.45) is 2.72. The molecule has 0 radical (unpaired) electrons. The molecule has 3 aromatic carbocycles. The van der Waals surface area contributed by atoms with Gasteiger partial charge in [0.2, 0.25) is 5.91 Å². The Hall–Kier alpha value is -2.70. The summed E-state index contributed by atoms with van der Waals surface area (Å²) < 4.78 is 27.6. The molecule has 1 aliphatic carbocycles. The number of hydrogen-bond donors (Lipinski definition) is 2. The van der Waals surface area contributed by atoms with Gasteiger partial charge in [0.25, 0.3) is 0 Å². The zero-order valence-corrected chi connectivity index (χ0v) is 19.1. The summed E-state index contributed by atoms with van der Waals surface area (Å²) >= 11 is 0. The number of nitrogens with one attached hydrogen (secondary N) is 2. The molecule has 5 rings (SSSR count). The van der Waals surface area contributed by atoms with Crippen LogP contribution in [-0.4, -0.2) is 36.0 Å². The molecule has 33 heavy (non-hydrogen) atoms. The summed E-state index contributed by atoms with van der Waals surface area (Å²) in [4.78, 5) is 15.8. The van der Waals surface area contributed by atoms with Gasteiger partial charge in [0.1, 0.15) is 11.6 Å². The van der Waals surface area contributed by atoms with Crippen LogP contribution in [0, 0.1) is 17.6 Å². The monoisotopic (exact) mass is 471 g/mol. The quantitative estimate of drug-likeness (QED) is 0.524. The SMILES string of the molecule is Cl.O=C(C1CNCCC1Nc1ccc(F)cc1F)N(Cc1cccc2ccccc12)C1CC1. The number of nitrogens with zero attached hydrogens (tertiary/aromatic N) is 1. The molecule has 7 heteroatoms. The molecule has 1 saturated carbocycles. The van der Waals surface area contributed by atoms with Crippen molar-refractivity contribution in [3.8, 4) is 0 Å². The molecule has 2 aliphatic rings. The number of piperidine rings is 1. The largest absolute Gasteiger partial charge is 0.379 e. The van der Waals surface area contributed by atoms with Crippen LogP contribution in [0.15, 0.2) is 60.7 Å². The Morgan fingerprint density at radius 1 is 1.03 bits per heavy atom. The van der Waals surface area contributed by atoms with Crippen LogP contribution in [-0.2, 0) is 11.3 Å². The Bertz CT molecular complexity index is 1130. The maximum atomic E-state index is 14.3. The van der Waals surface area contributed by atoms with Gasteiger partial charge in [-0.05, 0) is 54.3 Å². The van der Waals surface area contributed by atoms with E-state index in [1.807, 2.05) is 23.1 Å². The Morgan fingerprint density at radius 2 is 1.82 bits per heavy atom. The summed E-state index contributed by atoms with van der Waals surface area (Å²) in [6.45, 7) is 1.86. The summed E-state index contributed by atoms with van der Waals surface area (Å²) in [6, 6.07) is 18.0. The van der Waals surface area contributed by atoms with Gasteiger partial charge >= 0.3 is 0 Å². The highest BCUT2D eigenvalue weighted by atomic mass is 35.5. The zero-order valence-electron chi connectivity index (χ0n) is 18.3. The molecule has 2 N–H and O–H groups in total. The molecule has 2 unspecified atom stereocenters. The second-order valence-corrected chi connectivity index (χ2v) is 8.81. The van der Waals surface area contributed by atoms with Gasteiger partial charge in [0.05, 0.1) is 11.6 Å². The Morgan fingerprint density at radius 3 is 2.61 bits per heavy atom. The van der Waals surface area contributed by atoms with Gasteiger partial charge in [-0.25, -0.2) is 8.78 Å². The summed E-state index contributed by atoms with van der Waals surface area (Å²) in [5.74, 6) is -1.47. The first-order chi connectivity index (χ1) is 15.6. The van der Waals surface area contributed by atoms with Crippen molar-refractivity contribution in [3.05, 3.63) is 77.9 Å². The number of fused-ring (bicyclic) bond motifs is 1. The molecule has 1 saturated heterocycles. The fourth-order valence-electron chi connectivity index (χ4n) is 4.70. The predicted molar refractivity (Wildman–Crippen MR) is 130 cm³/mol. The van der Waals surface area contributed by atoms with Crippen LogP contribution in [0.4, 0.5) is 14.5 Å². The van der Waals surface area contributed by atoms with E-state index in [1.165, 1.54) is 22.9 Å². The van der Waals surface area contributed by atoms with Gasteiger partial charge < -0.3 is 15.5 Å². The van der Waals surface area contributed by atoms with Crippen molar-refractivity contribution in [2.45, 2.75) is 37.9 Å². The third kappa shape index (κ3) is 5.12. The van der Waals surface area contributed by atoms with E-state index in [2.05, 4.69) is 34.9 Å². The van der Waals surface area contributed by atoms with Crippen LogP contribution in [0.2, 0.25) is 0 Å². The highest BCUT2D eigenvalue weighted by molar-refractivity contribution is 5.87. The summed E-state index contributed by atoms with van der Waals surface area (Å²) in [5.41, 5.74) is 1.38. The normalized spacial score (nSPS) is 20.2. The number of amides is 1. The van der Waals surface area contributed by atoms with E-state index < -0.39 is 11.6 Å². The molecule has 0 spiro atoms. The van der Waals surface area contributed by atoms with Crippen molar-refractivity contribution in [1.82, 2.24) is 10.2 Å². The van der Waals surface area contributed by atoms with Crippen LogP contribution >= 0.6 is 12.4 Å². The number of hydrogen-bond acceptors (Lipinski definition) is 3. The maximum absolute atomic E-state index is 14.3. The lowest BCUT2D eigenvalue weighted by Gasteiger charge is -2.36. The van der Waals surface area contributed by atoms with Crippen molar-refractivity contribution in [1.29, 1.82) is 0 Å². The van der Waals surface area contributed by atoms with Gasteiger partial charge in [0.15, 0.2) is 0 Å². The van der Waals surface area contributed by atoms with Crippen molar-refractivity contribution in [3.63, 3.8) is 0 Å². The van der Waals surface area contributed by atoms with Crippen molar-refractivity contribution < 1.29 is 13.6 Å². The Kier molecular flexibility index (Phi) is 7.15. The van der Waals surface area contributed by atoms with Gasteiger partial charge in [-0.15, -0.1) is 12.4 Å². The lowest BCUT2D eigenvalue weighted by Crippen LogP contribution is -2.52. The molecule has 1 amide bonds. The fraction of sp³-hybridized carbons (Fsp3) is 0.346. The third-order valence-corrected chi connectivity index (χ3v) is 6.56. The summed E-state index contributed by atoms with van der Waals surface area (Å²) in [5, 5.41) is 8.84. The second kappa shape index (κ2) is 10.1. The number of rotatable bonds is 6. The van der Waals surface area contributed by atoms with Crippen LogP contribution in [0.25, 0.3) is 10.8 Å². The molecule has 1 heterocycles. The number of halogens is 3. The smallest absolute Gasteiger partial charge is 0.229 e. The molecule has 174 valence electrons. The van der Waals surface area contributed by atoms with Gasteiger partial charge in [0, 0.05) is 31.2 Å². The average Bonchev–Trinajstić information content (AvgIpc) is 3.64. The minimum absolute atomic E-state index is 0. The van der Waals surface area contributed by atoms with Crippen molar-refractivity contribution in [2.75, 3.05) is 18.4 Å². The summed E-state index contributed by atoms with van der Waals surface area (Å²) in [7, 11) is 0. The number of benzene rings is 3. The van der Waals surface area contributed by atoms with E-state index in [1.54, 1.807) is 0 Å². The van der Waals surface area contributed by atoms with E-state index in [-0.39, 0.29) is 42.0 Å². The van der Waals surface area contributed by atoms with Crippen LogP contribution in [0.3, 0.4) is 0 Å². The molecule has 0 aromatic heterocycles. The Balaban J connectivity index is 0.00000259. The van der Waals surface area contributed by atoms with Crippen LogP contribution in [0.1, 0.15) is 24.8 Å². The number of carbonyl (C=O) groups is 1. The lowest BCUT2D eigenvalue weighted by molar-refractivity contribution is -0.137. The lowest BCUT2D eigenvalue weighted by atomic mass is 9.91. The van der Waals surface area contributed by atoms with E-state index in [4.69, 9.17) is 0 Å². The molecule has 4 nitrogen and oxygen atoms in total. The van der Waals surface area contributed by atoms with E-state index in [0.717, 1.165) is 31.0 Å². The molecule has 2 fully saturated rings. The van der Waals surface area contributed by atoms with E-state index in [9.17, 15) is 13.6 Å². The predicted octanol–water partition coefficient (Wildman–Crippen LogP) is 5.12. The third-order valence-electron chi connectivity index (χ3n) is 6.56. The van der Waals surface area contributed by atoms with Gasteiger partial charge in [-0.1, -0.05) is 42.5 Å². The van der Waals surface area contributed by atoms with Crippen LogP contribution < -0.4 is 10.6 Å². The average molecular weight is 472 g/mol. The molecular weight excluding hydrogens is 444 g/mol. The molecule has 1 aliphatic heterocycles. The first-order valence-corrected chi connectivity index (χ1v) is 11.3. The Labute approximate surface area is 198 Å². The van der Waals surface area contributed by atoms with Crippen molar-refractivity contribution >= 4 is 34.8 Å². The van der Waals surface area contributed by atoms with E-state index >= 15 is 0 Å². The van der Waals surface area contributed by atoms with Crippen molar-refractivity contribution in [2.24, 2.45) is 5.92 Å². The first-order valence-electron chi connectivity index (χ1n) is 11.3. The highest BCUT2D eigenvalue weighted by Gasteiger charge is 2.40. The van der Waals surface area contributed by atoms with Crippen LogP contribution in [0.5, 0.6) is 0 Å². The highest BCUT2D eigenvalue weighted by Crippen LogP contribution is 2.33. The topological polar surface area (TPSA) is 44.4 Å². The second-order valence-electron chi connectivity index (χ2n) is 8.81. The molecule has 2 atom stereocenters. The first kappa shape index (κ1) is 23.5. The molecular formula is C26H28ClF2N3O. The fourth-order valence-corrected chi connectivity index (χ4v) is 4.70. The standard InChI is InChI=1S/C26H27F2N3O.ClH/c27-19-8-11-25(23(28)14-19)30-24-12-13-29-15-22(24)26(32)31(20-9-10-20)16-18-6-3-5-17-4-1-2-7-21(17)18;/h1-8,11,14,20,22,24,29-30H,9-10,12-13,15-16H2;1H. The zero-order chi connectivity index (χ0) is 22.1. The minimum Gasteiger partial charge on any atom is -0.379 e. The molecule has 0 bridgehead atoms.